The Morgan fingerprint density at radius 3 is 2.66 bits per heavy atom. The third-order valence-electron chi connectivity index (χ3n) is 6.65. The minimum Gasteiger partial charge on any atom is -0.371 e. The molecule has 2 aromatic heterocycles. The molecule has 35 heavy (non-hydrogen) atoms. The maximum absolute atomic E-state index is 13.3. The number of anilines is 1. The molecule has 7 heteroatoms. The molecule has 0 radical (unpaired) electrons. The van der Waals surface area contributed by atoms with Crippen molar-refractivity contribution in [2.24, 2.45) is 11.3 Å². The summed E-state index contributed by atoms with van der Waals surface area (Å²) in [5, 5.41) is 0. The van der Waals surface area contributed by atoms with E-state index in [0.29, 0.717) is 36.0 Å². The van der Waals surface area contributed by atoms with Crippen molar-refractivity contribution in [1.82, 2.24) is 14.5 Å². The quantitative estimate of drug-likeness (QED) is 0.204. The zero-order chi connectivity index (χ0) is 25.4. The first-order valence-electron chi connectivity index (χ1n) is 12.8. The topological polar surface area (TPSA) is 60.2 Å². The van der Waals surface area contributed by atoms with Crippen LogP contribution in [0.1, 0.15) is 44.5 Å². The molecule has 0 aliphatic carbocycles. The molecule has 3 aromatic rings. The van der Waals surface area contributed by atoms with Crippen molar-refractivity contribution in [3.05, 3.63) is 42.2 Å². The summed E-state index contributed by atoms with van der Waals surface area (Å²) in [6, 6.07) is 9.60. The van der Waals surface area contributed by atoms with E-state index in [4.69, 9.17) is 14.7 Å². The number of carbonyl (C=O) groups excluding carboxylic acids is 1. The van der Waals surface area contributed by atoms with Gasteiger partial charge < -0.3 is 14.2 Å². The van der Waals surface area contributed by atoms with Gasteiger partial charge in [-0.2, -0.15) is 0 Å². The van der Waals surface area contributed by atoms with Crippen LogP contribution in [0.25, 0.3) is 22.4 Å². The smallest absolute Gasteiger partial charge is 0.171 e. The number of fused-ring (bicyclic) bond motifs is 1. The maximum Gasteiger partial charge on any atom is 0.171 e. The van der Waals surface area contributed by atoms with E-state index in [1.54, 1.807) is 0 Å². The van der Waals surface area contributed by atoms with E-state index in [1.165, 1.54) is 12.1 Å². The first kappa shape index (κ1) is 25.6. The Morgan fingerprint density at radius 2 is 2.00 bits per heavy atom. The van der Waals surface area contributed by atoms with Crippen molar-refractivity contribution in [2.45, 2.75) is 66.5 Å². The Bertz CT molecular complexity index is 1210. The maximum atomic E-state index is 13.3. The molecule has 0 amide bonds. The second-order valence-electron chi connectivity index (χ2n) is 12.3. The monoisotopic (exact) mass is 492 g/mol. The van der Waals surface area contributed by atoms with Gasteiger partial charge in [-0.3, -0.25) is 4.79 Å². The minimum absolute atomic E-state index is 0.0644. The number of Topliss-reactive ketones (excluding diaryl/α,β-unsaturated/α-hetero) is 1. The van der Waals surface area contributed by atoms with Crippen LogP contribution in [-0.4, -0.2) is 48.1 Å². The summed E-state index contributed by atoms with van der Waals surface area (Å²) in [5.41, 5.74) is 4.46. The molecule has 188 valence electrons. The van der Waals surface area contributed by atoms with E-state index in [0.717, 1.165) is 30.4 Å². The zero-order valence-electron chi connectivity index (χ0n) is 22.4. The van der Waals surface area contributed by atoms with Crippen molar-refractivity contribution < 1.29 is 9.53 Å². The number of aromatic nitrogens is 3. The second kappa shape index (κ2) is 9.86. The number of ether oxygens (including phenoxy) is 1. The largest absolute Gasteiger partial charge is 0.371 e. The van der Waals surface area contributed by atoms with Crippen LogP contribution in [0.15, 0.2) is 36.7 Å². The van der Waals surface area contributed by atoms with Gasteiger partial charge in [-0.25, -0.2) is 9.97 Å². The summed E-state index contributed by atoms with van der Waals surface area (Å²) < 4.78 is 7.92. The van der Waals surface area contributed by atoms with Gasteiger partial charge >= 0.3 is 0 Å². The molecular weight excluding hydrogens is 452 g/mol. The van der Waals surface area contributed by atoms with Gasteiger partial charge in [0.15, 0.2) is 11.4 Å². The van der Waals surface area contributed by atoms with Crippen LogP contribution in [0.3, 0.4) is 0 Å². The number of rotatable bonds is 8. The Hall–Kier alpha value is -2.51. The first-order chi connectivity index (χ1) is 16.4. The van der Waals surface area contributed by atoms with Crippen LogP contribution in [0.5, 0.6) is 0 Å². The number of ketones is 1. The molecule has 1 aliphatic rings. The highest BCUT2D eigenvalue weighted by atomic mass is 28.3. The first-order valence-corrected chi connectivity index (χ1v) is 16.5. The molecule has 4 rings (SSSR count). The van der Waals surface area contributed by atoms with Crippen LogP contribution in [0.2, 0.25) is 25.7 Å². The van der Waals surface area contributed by atoms with Crippen molar-refractivity contribution >= 4 is 30.7 Å². The van der Waals surface area contributed by atoms with Gasteiger partial charge in [-0.15, -0.1) is 0 Å². The van der Waals surface area contributed by atoms with Gasteiger partial charge in [0, 0.05) is 50.6 Å². The lowest BCUT2D eigenvalue weighted by Gasteiger charge is -2.19. The molecule has 1 aliphatic heterocycles. The van der Waals surface area contributed by atoms with Crippen molar-refractivity contribution in [2.75, 3.05) is 24.6 Å². The van der Waals surface area contributed by atoms with E-state index >= 15 is 0 Å². The van der Waals surface area contributed by atoms with Crippen LogP contribution in [-0.2, 0) is 11.5 Å². The van der Waals surface area contributed by atoms with Gasteiger partial charge in [0.05, 0.1) is 17.5 Å². The lowest BCUT2D eigenvalue weighted by atomic mass is 9.87. The van der Waals surface area contributed by atoms with Crippen LogP contribution < -0.4 is 4.90 Å². The molecule has 3 heterocycles. The van der Waals surface area contributed by atoms with Gasteiger partial charge in [0.25, 0.3) is 0 Å². The Balaban J connectivity index is 1.68. The molecule has 1 aromatic carbocycles. The third-order valence-corrected chi connectivity index (χ3v) is 8.35. The fourth-order valence-corrected chi connectivity index (χ4v) is 5.19. The lowest BCUT2D eigenvalue weighted by molar-refractivity contribution is 0.0849. The summed E-state index contributed by atoms with van der Waals surface area (Å²) in [6.45, 7) is 18.4. The van der Waals surface area contributed by atoms with Crippen LogP contribution in [0.4, 0.5) is 5.69 Å². The van der Waals surface area contributed by atoms with Crippen LogP contribution >= 0.6 is 0 Å². The Kier molecular flexibility index (Phi) is 7.20. The molecule has 0 bridgehead atoms. The van der Waals surface area contributed by atoms with Crippen molar-refractivity contribution in [3.63, 3.8) is 0 Å². The normalized spacial score (nSPS) is 16.9. The fraction of sp³-hybridized carbons (Fsp3) is 0.536. The molecule has 0 spiro atoms. The summed E-state index contributed by atoms with van der Waals surface area (Å²) in [7, 11) is -1.17. The fourth-order valence-electron chi connectivity index (χ4n) is 4.43. The van der Waals surface area contributed by atoms with E-state index < -0.39 is 13.5 Å². The average Bonchev–Trinajstić information content (AvgIpc) is 3.38. The van der Waals surface area contributed by atoms with Gasteiger partial charge in [-0.1, -0.05) is 59.5 Å². The second-order valence-corrected chi connectivity index (χ2v) is 17.9. The molecule has 6 nitrogen and oxygen atoms in total. The molecule has 1 saturated heterocycles. The number of benzene rings is 1. The highest BCUT2D eigenvalue weighted by Gasteiger charge is 2.28. The minimum atomic E-state index is -1.17. The molecule has 1 fully saturated rings. The van der Waals surface area contributed by atoms with Crippen LogP contribution in [0, 0.1) is 11.3 Å². The predicted octanol–water partition coefficient (Wildman–Crippen LogP) is 6.49. The zero-order valence-corrected chi connectivity index (χ0v) is 23.4. The molecule has 1 atom stereocenters. The summed E-state index contributed by atoms with van der Waals surface area (Å²) in [5.74, 6) is 0.781. The van der Waals surface area contributed by atoms with E-state index in [1.807, 2.05) is 37.7 Å². The molecule has 0 saturated carbocycles. The van der Waals surface area contributed by atoms with Gasteiger partial charge in [0.1, 0.15) is 12.2 Å². The van der Waals surface area contributed by atoms with Crippen molar-refractivity contribution in [3.8, 4) is 11.3 Å². The SMILES string of the molecule is CC1CCN(c2cccc(-c3cnc4c(n3)c(C(=O)C(C)(C)C)cn4COCC[Si](C)(C)C)c2)C1. The number of nitrogens with zero attached hydrogens (tertiary/aromatic N) is 4. The predicted molar refractivity (Wildman–Crippen MR) is 147 cm³/mol. The van der Waals surface area contributed by atoms with E-state index in [2.05, 4.69) is 55.7 Å². The number of hydrogen-bond acceptors (Lipinski definition) is 5. The number of carbonyl (C=O) groups is 1. The standard InChI is InChI=1S/C28H40N4O2Si/c1-20-11-12-31(17-20)22-10-8-9-21(15-22)24-16-29-27-25(30-24)23(26(33)28(2,3)4)18-32(27)19-34-13-14-35(5,6)7/h8-10,15-16,18,20H,11-14,17,19H2,1-7H3. The number of hydrogen-bond donors (Lipinski definition) is 0. The summed E-state index contributed by atoms with van der Waals surface area (Å²) in [6.07, 6.45) is 4.92. The van der Waals surface area contributed by atoms with Gasteiger partial charge in [-0.05, 0) is 30.5 Å². The lowest BCUT2D eigenvalue weighted by Crippen LogP contribution is -2.22. The highest BCUT2D eigenvalue weighted by Crippen LogP contribution is 2.31. The summed E-state index contributed by atoms with van der Waals surface area (Å²) in [4.78, 5) is 25.5. The highest BCUT2D eigenvalue weighted by molar-refractivity contribution is 6.76. The molecule has 0 N–H and O–H groups in total. The van der Waals surface area contributed by atoms with Crippen molar-refractivity contribution in [1.29, 1.82) is 0 Å². The molecule has 1 unspecified atom stereocenters. The van der Waals surface area contributed by atoms with E-state index in [-0.39, 0.29) is 5.78 Å². The Labute approximate surface area is 210 Å². The average molecular weight is 493 g/mol. The third kappa shape index (κ3) is 6.01. The van der Waals surface area contributed by atoms with Gasteiger partial charge in [0.2, 0.25) is 0 Å². The van der Waals surface area contributed by atoms with E-state index in [9.17, 15) is 4.79 Å². The summed E-state index contributed by atoms with van der Waals surface area (Å²) >= 11 is 0. The molecular formula is C28H40N4O2Si. The Morgan fingerprint density at radius 1 is 1.23 bits per heavy atom.